The van der Waals surface area contributed by atoms with Crippen LogP contribution in [0.25, 0.3) is 0 Å². The SMILES string of the molecule is Cc1cc(C)c(CN(C)CCC(=O)O)cc1C. The number of aliphatic carboxylic acids is 1. The van der Waals surface area contributed by atoms with Crippen LogP contribution < -0.4 is 0 Å². The minimum atomic E-state index is -0.742. The molecule has 94 valence electrons. The Bertz CT molecular complexity index is 413. The van der Waals surface area contributed by atoms with Crippen molar-refractivity contribution in [3.05, 3.63) is 34.4 Å². The van der Waals surface area contributed by atoms with Crippen LogP contribution in [-0.2, 0) is 11.3 Å². The van der Waals surface area contributed by atoms with E-state index in [-0.39, 0.29) is 6.42 Å². The summed E-state index contributed by atoms with van der Waals surface area (Å²) in [5.41, 5.74) is 5.15. The van der Waals surface area contributed by atoms with Crippen LogP contribution in [0.2, 0.25) is 0 Å². The number of aryl methyl sites for hydroxylation is 3. The molecule has 1 rings (SSSR count). The maximum atomic E-state index is 10.5. The van der Waals surface area contributed by atoms with Gasteiger partial charge in [0.05, 0.1) is 6.42 Å². The fraction of sp³-hybridized carbons (Fsp3) is 0.500. The van der Waals surface area contributed by atoms with Gasteiger partial charge in [-0.15, -0.1) is 0 Å². The van der Waals surface area contributed by atoms with Crippen molar-refractivity contribution in [3.63, 3.8) is 0 Å². The van der Waals surface area contributed by atoms with E-state index in [9.17, 15) is 4.79 Å². The molecule has 0 heterocycles. The van der Waals surface area contributed by atoms with E-state index in [1.807, 2.05) is 11.9 Å². The minimum absolute atomic E-state index is 0.195. The average Bonchev–Trinajstić information content (AvgIpc) is 2.23. The Morgan fingerprint density at radius 2 is 1.76 bits per heavy atom. The fourth-order valence-corrected chi connectivity index (χ4v) is 1.85. The summed E-state index contributed by atoms with van der Waals surface area (Å²) in [5.74, 6) is -0.742. The van der Waals surface area contributed by atoms with E-state index in [1.165, 1.54) is 22.3 Å². The predicted molar refractivity (Wildman–Crippen MR) is 69.2 cm³/mol. The molecule has 0 unspecified atom stereocenters. The second-order valence-electron chi connectivity index (χ2n) is 4.74. The Labute approximate surface area is 103 Å². The number of hydrogen-bond acceptors (Lipinski definition) is 2. The highest BCUT2D eigenvalue weighted by atomic mass is 16.4. The molecule has 0 amide bonds. The lowest BCUT2D eigenvalue weighted by molar-refractivity contribution is -0.137. The van der Waals surface area contributed by atoms with Crippen LogP contribution in [0.3, 0.4) is 0 Å². The number of nitrogens with zero attached hydrogens (tertiary/aromatic N) is 1. The van der Waals surface area contributed by atoms with Gasteiger partial charge in [0.2, 0.25) is 0 Å². The number of hydrogen-bond donors (Lipinski definition) is 1. The Morgan fingerprint density at radius 1 is 1.18 bits per heavy atom. The quantitative estimate of drug-likeness (QED) is 0.852. The average molecular weight is 235 g/mol. The standard InChI is InChI=1S/C14H21NO2/c1-10-7-12(3)13(8-11(10)2)9-15(4)6-5-14(16)17/h7-8H,5-6,9H2,1-4H3,(H,16,17). The van der Waals surface area contributed by atoms with Crippen molar-refractivity contribution in [3.8, 4) is 0 Å². The second-order valence-corrected chi connectivity index (χ2v) is 4.74. The molecule has 0 aliphatic carbocycles. The summed E-state index contributed by atoms with van der Waals surface area (Å²) in [6, 6.07) is 4.39. The molecule has 0 aliphatic rings. The van der Waals surface area contributed by atoms with Crippen molar-refractivity contribution < 1.29 is 9.90 Å². The van der Waals surface area contributed by atoms with E-state index in [0.717, 1.165) is 6.54 Å². The molecule has 3 heteroatoms. The van der Waals surface area contributed by atoms with Crippen LogP contribution in [0.15, 0.2) is 12.1 Å². The van der Waals surface area contributed by atoms with Crippen molar-refractivity contribution in [2.45, 2.75) is 33.7 Å². The molecule has 0 fully saturated rings. The highest BCUT2D eigenvalue weighted by Crippen LogP contribution is 2.16. The maximum absolute atomic E-state index is 10.5. The largest absolute Gasteiger partial charge is 0.481 e. The first kappa shape index (κ1) is 13.7. The van der Waals surface area contributed by atoms with Crippen LogP contribution >= 0.6 is 0 Å². The molecule has 3 nitrogen and oxygen atoms in total. The zero-order valence-electron chi connectivity index (χ0n) is 11.1. The lowest BCUT2D eigenvalue weighted by atomic mass is 10.0. The first-order chi connectivity index (χ1) is 7.90. The van der Waals surface area contributed by atoms with E-state index in [1.54, 1.807) is 0 Å². The monoisotopic (exact) mass is 235 g/mol. The number of rotatable bonds is 5. The molecule has 17 heavy (non-hydrogen) atoms. The van der Waals surface area contributed by atoms with Crippen LogP contribution in [0.1, 0.15) is 28.7 Å². The molecule has 0 aromatic heterocycles. The molecule has 0 saturated carbocycles. The fourth-order valence-electron chi connectivity index (χ4n) is 1.85. The summed E-state index contributed by atoms with van der Waals surface area (Å²) in [6.07, 6.45) is 0.195. The first-order valence-corrected chi connectivity index (χ1v) is 5.87. The molecular formula is C14H21NO2. The van der Waals surface area contributed by atoms with E-state index in [0.29, 0.717) is 6.54 Å². The number of carbonyl (C=O) groups is 1. The second kappa shape index (κ2) is 5.82. The summed E-state index contributed by atoms with van der Waals surface area (Å²) in [5, 5.41) is 8.64. The highest BCUT2D eigenvalue weighted by Gasteiger charge is 2.07. The lowest BCUT2D eigenvalue weighted by Gasteiger charge is -2.18. The Kier molecular flexibility index (Phi) is 4.70. The van der Waals surface area contributed by atoms with Gasteiger partial charge in [0.25, 0.3) is 0 Å². The Balaban J connectivity index is 2.68. The molecule has 0 radical (unpaired) electrons. The summed E-state index contributed by atoms with van der Waals surface area (Å²) in [4.78, 5) is 12.5. The van der Waals surface area contributed by atoms with E-state index >= 15 is 0 Å². The number of benzene rings is 1. The van der Waals surface area contributed by atoms with Crippen LogP contribution in [0.5, 0.6) is 0 Å². The van der Waals surface area contributed by atoms with Gasteiger partial charge in [-0.1, -0.05) is 12.1 Å². The first-order valence-electron chi connectivity index (χ1n) is 5.87. The normalized spacial score (nSPS) is 10.9. The van der Waals surface area contributed by atoms with Gasteiger partial charge >= 0.3 is 5.97 Å². The van der Waals surface area contributed by atoms with Crippen molar-refractivity contribution >= 4 is 5.97 Å². The predicted octanol–water partition coefficient (Wildman–Crippen LogP) is 2.52. The van der Waals surface area contributed by atoms with E-state index < -0.39 is 5.97 Å². The Morgan fingerprint density at radius 3 is 2.35 bits per heavy atom. The van der Waals surface area contributed by atoms with Crippen molar-refractivity contribution in [1.29, 1.82) is 0 Å². The third-order valence-corrected chi connectivity index (χ3v) is 3.10. The van der Waals surface area contributed by atoms with Crippen molar-refractivity contribution in [2.24, 2.45) is 0 Å². The third kappa shape index (κ3) is 4.19. The zero-order valence-corrected chi connectivity index (χ0v) is 11.1. The van der Waals surface area contributed by atoms with E-state index in [4.69, 9.17) is 5.11 Å². The topological polar surface area (TPSA) is 40.5 Å². The summed E-state index contributed by atoms with van der Waals surface area (Å²) >= 11 is 0. The molecule has 1 aromatic carbocycles. The molecule has 0 spiro atoms. The molecule has 0 bridgehead atoms. The van der Waals surface area contributed by atoms with Gasteiger partial charge in [0, 0.05) is 13.1 Å². The summed E-state index contributed by atoms with van der Waals surface area (Å²) < 4.78 is 0. The summed E-state index contributed by atoms with van der Waals surface area (Å²) in [6.45, 7) is 7.71. The van der Waals surface area contributed by atoms with Crippen molar-refractivity contribution in [2.75, 3.05) is 13.6 Å². The third-order valence-electron chi connectivity index (χ3n) is 3.10. The van der Waals surface area contributed by atoms with Crippen LogP contribution in [0.4, 0.5) is 0 Å². The molecule has 0 atom stereocenters. The van der Waals surface area contributed by atoms with Gasteiger partial charge in [-0.3, -0.25) is 4.79 Å². The van der Waals surface area contributed by atoms with Gasteiger partial charge in [0.15, 0.2) is 0 Å². The van der Waals surface area contributed by atoms with E-state index in [2.05, 4.69) is 32.9 Å². The summed E-state index contributed by atoms with van der Waals surface area (Å²) in [7, 11) is 1.96. The minimum Gasteiger partial charge on any atom is -0.481 e. The van der Waals surface area contributed by atoms with Gasteiger partial charge in [0.1, 0.15) is 0 Å². The Hall–Kier alpha value is -1.35. The highest BCUT2D eigenvalue weighted by molar-refractivity contribution is 5.66. The zero-order chi connectivity index (χ0) is 13.0. The van der Waals surface area contributed by atoms with Gasteiger partial charge < -0.3 is 10.0 Å². The van der Waals surface area contributed by atoms with Crippen molar-refractivity contribution in [1.82, 2.24) is 4.90 Å². The van der Waals surface area contributed by atoms with Gasteiger partial charge in [-0.2, -0.15) is 0 Å². The lowest BCUT2D eigenvalue weighted by Crippen LogP contribution is -2.21. The molecular weight excluding hydrogens is 214 g/mol. The molecule has 1 N–H and O–H groups in total. The smallest absolute Gasteiger partial charge is 0.304 e. The van der Waals surface area contributed by atoms with Crippen LogP contribution in [0, 0.1) is 20.8 Å². The maximum Gasteiger partial charge on any atom is 0.304 e. The number of carboxylic acids is 1. The van der Waals surface area contributed by atoms with Gasteiger partial charge in [-0.25, -0.2) is 0 Å². The van der Waals surface area contributed by atoms with Gasteiger partial charge in [-0.05, 0) is 50.1 Å². The molecule has 0 saturated heterocycles. The molecule has 0 aliphatic heterocycles. The van der Waals surface area contributed by atoms with Crippen LogP contribution in [-0.4, -0.2) is 29.6 Å². The molecule has 1 aromatic rings. The number of carboxylic acid groups (broad SMARTS) is 1.